The van der Waals surface area contributed by atoms with E-state index in [1.54, 1.807) is 24.7 Å². The molecular weight excluding hydrogens is 270 g/mol. The summed E-state index contributed by atoms with van der Waals surface area (Å²) >= 11 is 1.59. The number of rotatable bonds is 7. The number of thiazole rings is 1. The Morgan fingerprint density at radius 1 is 1.61 bits per heavy atom. The van der Waals surface area contributed by atoms with Gasteiger partial charge in [0.15, 0.2) is 4.96 Å². The molecule has 0 amide bonds. The second-order valence-electron chi connectivity index (χ2n) is 3.93. The number of methoxy groups -OCH3 is 1. The lowest BCUT2D eigenvalue weighted by Gasteiger charge is -2.05. The van der Waals surface area contributed by atoms with Gasteiger partial charge in [0.05, 0.1) is 7.11 Å². The molecule has 0 fully saturated rings. The molecule has 100 valence electrons. The molecule has 0 aliphatic heterocycles. The van der Waals surface area contributed by atoms with E-state index in [0.717, 1.165) is 29.4 Å². The van der Waals surface area contributed by atoms with E-state index in [0.29, 0.717) is 12.4 Å². The molecule has 7 heteroatoms. The van der Waals surface area contributed by atoms with Crippen LogP contribution in [0.15, 0.2) is 11.6 Å². The summed E-state index contributed by atoms with van der Waals surface area (Å²) in [6.45, 7) is 1.55. The first kappa shape index (κ1) is 13.5. The minimum absolute atomic E-state index is 0.674. The molecule has 1 atom stereocenters. The lowest BCUT2D eigenvalue weighted by molar-refractivity contribution is 0.393. The molecule has 0 aliphatic carbocycles. The Kier molecular flexibility index (Phi) is 4.73. The van der Waals surface area contributed by atoms with E-state index in [1.165, 1.54) is 0 Å². The Bertz CT molecular complexity index is 535. The molecule has 0 aromatic carbocycles. The van der Waals surface area contributed by atoms with Gasteiger partial charge >= 0.3 is 0 Å². The van der Waals surface area contributed by atoms with Gasteiger partial charge in [0, 0.05) is 40.9 Å². The van der Waals surface area contributed by atoms with Crippen molar-refractivity contribution in [3.8, 4) is 5.88 Å². The fourth-order valence-electron chi connectivity index (χ4n) is 1.74. The average Bonchev–Trinajstić information content (AvgIpc) is 2.89. The zero-order chi connectivity index (χ0) is 13.0. The molecule has 1 unspecified atom stereocenters. The molecular formula is C11H17N3O2S2. The van der Waals surface area contributed by atoms with Crippen LogP contribution < -0.4 is 10.1 Å². The highest BCUT2D eigenvalue weighted by molar-refractivity contribution is 7.84. The maximum atomic E-state index is 10.9. The molecule has 0 bridgehead atoms. The summed E-state index contributed by atoms with van der Waals surface area (Å²) in [4.78, 5) is 5.33. The first-order chi connectivity index (χ1) is 8.72. The van der Waals surface area contributed by atoms with Crippen LogP contribution in [-0.4, -0.2) is 39.3 Å². The van der Waals surface area contributed by atoms with E-state index in [4.69, 9.17) is 4.74 Å². The van der Waals surface area contributed by atoms with Crippen molar-refractivity contribution < 1.29 is 8.95 Å². The first-order valence-electron chi connectivity index (χ1n) is 5.71. The van der Waals surface area contributed by atoms with E-state index in [1.807, 2.05) is 16.0 Å². The summed E-state index contributed by atoms with van der Waals surface area (Å²) in [5.41, 5.74) is 1.03. The highest BCUT2D eigenvalue weighted by Crippen LogP contribution is 2.22. The number of hydrogen-bond acceptors (Lipinski definition) is 5. The lowest BCUT2D eigenvalue weighted by atomic mass is 10.4. The molecule has 2 rings (SSSR count). The second-order valence-corrected chi connectivity index (χ2v) is 6.36. The molecule has 0 radical (unpaired) electrons. The van der Waals surface area contributed by atoms with Gasteiger partial charge in [0.1, 0.15) is 5.69 Å². The highest BCUT2D eigenvalue weighted by atomic mass is 32.2. The third-order valence-electron chi connectivity index (χ3n) is 2.60. The summed E-state index contributed by atoms with van der Waals surface area (Å²) in [5, 5.41) is 5.33. The zero-order valence-electron chi connectivity index (χ0n) is 10.5. The second kappa shape index (κ2) is 6.31. The van der Waals surface area contributed by atoms with Crippen LogP contribution in [-0.2, 0) is 17.3 Å². The lowest BCUT2D eigenvalue weighted by Crippen LogP contribution is -2.18. The SMILES string of the molecule is COc1nc2sccn2c1CNCCCS(C)=O. The van der Waals surface area contributed by atoms with Crippen molar-refractivity contribution in [2.24, 2.45) is 0 Å². The predicted octanol–water partition coefficient (Wildman–Crippen LogP) is 1.26. The number of hydrogen-bond donors (Lipinski definition) is 1. The van der Waals surface area contributed by atoms with Crippen LogP contribution in [0.2, 0.25) is 0 Å². The van der Waals surface area contributed by atoms with E-state index in [2.05, 4.69) is 10.3 Å². The van der Waals surface area contributed by atoms with Gasteiger partial charge in [-0.05, 0) is 13.0 Å². The Morgan fingerprint density at radius 2 is 2.44 bits per heavy atom. The van der Waals surface area contributed by atoms with Crippen LogP contribution in [0.4, 0.5) is 0 Å². The first-order valence-corrected chi connectivity index (χ1v) is 8.32. The fourth-order valence-corrected chi connectivity index (χ4v) is 3.02. The maximum absolute atomic E-state index is 10.9. The average molecular weight is 287 g/mol. The van der Waals surface area contributed by atoms with Crippen LogP contribution in [0.5, 0.6) is 5.88 Å². The van der Waals surface area contributed by atoms with Crippen molar-refractivity contribution in [3.63, 3.8) is 0 Å². The summed E-state index contributed by atoms with van der Waals surface area (Å²) in [7, 11) is 0.927. The summed E-state index contributed by atoms with van der Waals surface area (Å²) in [6.07, 6.45) is 4.64. The standard InChI is InChI=1S/C11H17N3O2S2/c1-16-10-9(8-12-4-3-7-18(2)15)14-5-6-17-11(14)13-10/h5-6,12H,3-4,7-8H2,1-2H3. The predicted molar refractivity (Wildman–Crippen MR) is 74.9 cm³/mol. The van der Waals surface area contributed by atoms with Crippen LogP contribution in [0.1, 0.15) is 12.1 Å². The van der Waals surface area contributed by atoms with Crippen molar-refractivity contribution in [2.45, 2.75) is 13.0 Å². The van der Waals surface area contributed by atoms with Gasteiger partial charge in [0.2, 0.25) is 5.88 Å². The van der Waals surface area contributed by atoms with Crippen LogP contribution in [0.3, 0.4) is 0 Å². The van der Waals surface area contributed by atoms with E-state index in [-0.39, 0.29) is 0 Å². The summed E-state index contributed by atoms with van der Waals surface area (Å²) < 4.78 is 18.2. The number of nitrogens with one attached hydrogen (secondary N) is 1. The van der Waals surface area contributed by atoms with Gasteiger partial charge in [0.25, 0.3) is 0 Å². The summed E-state index contributed by atoms with van der Waals surface area (Å²) in [5.74, 6) is 1.41. The molecule has 0 spiro atoms. The number of ether oxygens (including phenoxy) is 1. The molecule has 0 aliphatic rings. The van der Waals surface area contributed by atoms with Gasteiger partial charge in [-0.15, -0.1) is 11.3 Å². The zero-order valence-corrected chi connectivity index (χ0v) is 12.1. The molecule has 1 N–H and O–H groups in total. The number of nitrogens with zero attached hydrogens (tertiary/aromatic N) is 2. The maximum Gasteiger partial charge on any atom is 0.237 e. The number of imidazole rings is 1. The third kappa shape index (κ3) is 3.09. The molecule has 2 aromatic heterocycles. The van der Waals surface area contributed by atoms with Crippen molar-refractivity contribution in [1.29, 1.82) is 0 Å². The molecule has 0 saturated carbocycles. The third-order valence-corrected chi connectivity index (χ3v) is 4.22. The quantitative estimate of drug-likeness (QED) is 0.779. The van der Waals surface area contributed by atoms with Gasteiger partial charge in [-0.1, -0.05) is 0 Å². The monoisotopic (exact) mass is 287 g/mol. The van der Waals surface area contributed by atoms with E-state index in [9.17, 15) is 4.21 Å². The van der Waals surface area contributed by atoms with Crippen molar-refractivity contribution >= 4 is 27.1 Å². The summed E-state index contributed by atoms with van der Waals surface area (Å²) in [6, 6.07) is 0. The molecule has 18 heavy (non-hydrogen) atoms. The minimum atomic E-state index is -0.708. The highest BCUT2D eigenvalue weighted by Gasteiger charge is 2.12. The Labute approximate surface area is 113 Å². The Morgan fingerprint density at radius 3 is 3.17 bits per heavy atom. The van der Waals surface area contributed by atoms with Crippen LogP contribution in [0.25, 0.3) is 4.96 Å². The number of aromatic nitrogens is 2. The van der Waals surface area contributed by atoms with Crippen molar-refractivity contribution in [1.82, 2.24) is 14.7 Å². The van der Waals surface area contributed by atoms with Gasteiger partial charge in [-0.3, -0.25) is 8.61 Å². The van der Waals surface area contributed by atoms with Crippen LogP contribution in [0, 0.1) is 0 Å². The molecule has 2 aromatic rings. The van der Waals surface area contributed by atoms with E-state index < -0.39 is 10.8 Å². The van der Waals surface area contributed by atoms with Crippen molar-refractivity contribution in [2.75, 3.05) is 25.7 Å². The largest absolute Gasteiger partial charge is 0.480 e. The smallest absolute Gasteiger partial charge is 0.237 e. The molecule has 0 saturated heterocycles. The Balaban J connectivity index is 1.93. The van der Waals surface area contributed by atoms with Gasteiger partial charge in [-0.25, -0.2) is 0 Å². The van der Waals surface area contributed by atoms with Crippen LogP contribution >= 0.6 is 11.3 Å². The van der Waals surface area contributed by atoms with Crippen molar-refractivity contribution in [3.05, 3.63) is 17.3 Å². The Hall–Kier alpha value is -0.920. The fraction of sp³-hybridized carbons (Fsp3) is 0.545. The number of fused-ring (bicyclic) bond motifs is 1. The minimum Gasteiger partial charge on any atom is -0.480 e. The topological polar surface area (TPSA) is 55.6 Å². The normalized spacial score (nSPS) is 13.0. The molecule has 2 heterocycles. The van der Waals surface area contributed by atoms with E-state index >= 15 is 0 Å². The van der Waals surface area contributed by atoms with Gasteiger partial charge in [-0.2, -0.15) is 4.98 Å². The van der Waals surface area contributed by atoms with Gasteiger partial charge < -0.3 is 10.1 Å². The molecule has 5 nitrogen and oxygen atoms in total.